The fourth-order valence-electron chi connectivity index (χ4n) is 4.69. The average Bonchev–Trinajstić information content (AvgIpc) is 2.81. The highest BCUT2D eigenvalue weighted by Crippen LogP contribution is 2.45. The van der Waals surface area contributed by atoms with Crippen LogP contribution in [0.25, 0.3) is 10.9 Å². The number of nitrogens with zero attached hydrogens (tertiary/aromatic N) is 2. The first-order valence-electron chi connectivity index (χ1n) is 11.2. The lowest BCUT2D eigenvalue weighted by Crippen LogP contribution is -2.45. The van der Waals surface area contributed by atoms with Crippen LogP contribution in [0, 0.1) is 5.92 Å². The van der Waals surface area contributed by atoms with Crippen molar-refractivity contribution in [1.82, 2.24) is 9.88 Å². The quantitative estimate of drug-likeness (QED) is 0.461. The number of carbonyl (C=O) groups excluding carboxylic acids is 1. The molecule has 33 heavy (non-hydrogen) atoms. The zero-order valence-electron chi connectivity index (χ0n) is 19.0. The van der Waals surface area contributed by atoms with Crippen molar-refractivity contribution in [2.24, 2.45) is 5.92 Å². The molecular weight excluding hydrogens is 459 g/mol. The molecule has 1 aromatic heterocycles. The number of rotatable bonds is 5. The number of aromatic nitrogens is 1. The first-order chi connectivity index (χ1) is 15.7. The minimum Gasteiger partial charge on any atom is -0.486 e. The standard InChI is InChI=1S/C26H28Cl2N2O3/c1-16(2)33-24-23(27)21-15-20(9-10-22(21)29-25(24)28)26(32,18-7-5-4-6-8-18)19-11-13-30(14-12-19)17(3)31/h4-10,15-16,19,32H,11-14H2,1-3H3/t26-/m0/s1. The average molecular weight is 487 g/mol. The first kappa shape index (κ1) is 23.8. The van der Waals surface area contributed by atoms with E-state index < -0.39 is 5.60 Å². The van der Waals surface area contributed by atoms with Gasteiger partial charge in [-0.3, -0.25) is 4.79 Å². The third kappa shape index (κ3) is 4.54. The molecule has 7 heteroatoms. The maximum Gasteiger partial charge on any atom is 0.219 e. The molecule has 3 aromatic rings. The molecule has 1 aliphatic rings. The van der Waals surface area contributed by atoms with Gasteiger partial charge < -0.3 is 14.7 Å². The summed E-state index contributed by atoms with van der Waals surface area (Å²) in [5, 5.41) is 13.6. The van der Waals surface area contributed by atoms with E-state index in [-0.39, 0.29) is 23.1 Å². The van der Waals surface area contributed by atoms with Gasteiger partial charge in [0.1, 0.15) is 5.60 Å². The smallest absolute Gasteiger partial charge is 0.219 e. The number of pyridine rings is 1. The Morgan fingerprint density at radius 3 is 2.39 bits per heavy atom. The van der Waals surface area contributed by atoms with E-state index >= 15 is 0 Å². The lowest BCUT2D eigenvalue weighted by atomic mass is 9.72. The Bertz CT molecular complexity index is 1160. The van der Waals surface area contributed by atoms with E-state index in [1.54, 1.807) is 6.92 Å². The second kappa shape index (κ2) is 9.49. The van der Waals surface area contributed by atoms with Crippen LogP contribution in [-0.2, 0) is 10.4 Å². The Balaban J connectivity index is 1.84. The molecule has 1 saturated heterocycles. The minimum absolute atomic E-state index is 0.0647. The lowest BCUT2D eigenvalue weighted by molar-refractivity contribution is -0.131. The summed E-state index contributed by atoms with van der Waals surface area (Å²) in [4.78, 5) is 18.1. The van der Waals surface area contributed by atoms with Gasteiger partial charge in [-0.25, -0.2) is 4.98 Å². The van der Waals surface area contributed by atoms with Gasteiger partial charge >= 0.3 is 0 Å². The molecule has 1 fully saturated rings. The number of likely N-dealkylation sites (tertiary alicyclic amines) is 1. The van der Waals surface area contributed by atoms with Crippen LogP contribution in [0.4, 0.5) is 0 Å². The maximum absolute atomic E-state index is 12.3. The summed E-state index contributed by atoms with van der Waals surface area (Å²) in [6.45, 7) is 6.62. The molecule has 2 aromatic carbocycles. The van der Waals surface area contributed by atoms with E-state index in [1.807, 2.05) is 67.3 Å². The van der Waals surface area contributed by atoms with Crippen molar-refractivity contribution in [3.05, 3.63) is 69.8 Å². The van der Waals surface area contributed by atoms with E-state index in [4.69, 9.17) is 27.9 Å². The molecule has 1 aliphatic heterocycles. The number of aliphatic hydroxyl groups is 1. The van der Waals surface area contributed by atoms with Crippen LogP contribution in [0.3, 0.4) is 0 Å². The monoisotopic (exact) mass is 486 g/mol. The molecule has 0 radical (unpaired) electrons. The summed E-state index contributed by atoms with van der Waals surface area (Å²) in [7, 11) is 0. The van der Waals surface area contributed by atoms with Crippen LogP contribution in [0.5, 0.6) is 5.75 Å². The number of benzene rings is 2. The van der Waals surface area contributed by atoms with Gasteiger partial charge in [0.2, 0.25) is 5.91 Å². The summed E-state index contributed by atoms with van der Waals surface area (Å²) in [5.74, 6) is 0.337. The predicted molar refractivity (Wildman–Crippen MR) is 132 cm³/mol. The SMILES string of the molecule is CC(=O)N1CCC([C@@](O)(c2ccccc2)c2ccc3nc(Cl)c(OC(C)C)c(Cl)c3c2)CC1. The van der Waals surface area contributed by atoms with Crippen molar-refractivity contribution in [2.45, 2.75) is 45.3 Å². The summed E-state index contributed by atoms with van der Waals surface area (Å²) in [5.41, 5.74) is 0.915. The zero-order chi connectivity index (χ0) is 23.8. The van der Waals surface area contributed by atoms with Crippen molar-refractivity contribution in [3.63, 3.8) is 0 Å². The van der Waals surface area contributed by atoms with Crippen LogP contribution in [0.1, 0.15) is 44.7 Å². The first-order valence-corrected chi connectivity index (χ1v) is 12.0. The molecule has 0 unspecified atom stereocenters. The Morgan fingerprint density at radius 1 is 1.12 bits per heavy atom. The van der Waals surface area contributed by atoms with Crippen molar-refractivity contribution in [3.8, 4) is 5.75 Å². The second-order valence-corrected chi connectivity index (χ2v) is 9.59. The molecule has 1 amide bonds. The number of amides is 1. The molecule has 0 spiro atoms. The molecule has 1 N–H and O–H groups in total. The van der Waals surface area contributed by atoms with Crippen LogP contribution >= 0.6 is 23.2 Å². The van der Waals surface area contributed by atoms with Crippen molar-refractivity contribution in [1.29, 1.82) is 0 Å². The summed E-state index contributed by atoms with van der Waals surface area (Å²) in [6, 6.07) is 15.3. The van der Waals surface area contributed by atoms with E-state index in [2.05, 4.69) is 4.98 Å². The van der Waals surface area contributed by atoms with E-state index in [0.717, 1.165) is 11.1 Å². The number of ether oxygens (including phenoxy) is 1. The largest absolute Gasteiger partial charge is 0.486 e. The van der Waals surface area contributed by atoms with E-state index in [1.165, 1.54) is 0 Å². The third-order valence-electron chi connectivity index (χ3n) is 6.38. The Morgan fingerprint density at radius 2 is 1.79 bits per heavy atom. The molecule has 4 rings (SSSR count). The highest BCUT2D eigenvalue weighted by Gasteiger charge is 2.42. The predicted octanol–water partition coefficient (Wildman–Crippen LogP) is 5.82. The summed E-state index contributed by atoms with van der Waals surface area (Å²) < 4.78 is 5.82. The van der Waals surface area contributed by atoms with Crippen LogP contribution < -0.4 is 4.74 Å². The van der Waals surface area contributed by atoms with Crippen LogP contribution in [0.15, 0.2) is 48.5 Å². The number of hydrogen-bond acceptors (Lipinski definition) is 4. The molecule has 0 aliphatic carbocycles. The normalized spacial score (nSPS) is 16.8. The number of fused-ring (bicyclic) bond motifs is 1. The molecule has 174 valence electrons. The molecule has 1 atom stereocenters. The molecule has 0 saturated carbocycles. The fraction of sp³-hybridized carbons (Fsp3) is 0.385. The number of carbonyl (C=O) groups is 1. The Hall–Kier alpha value is -2.34. The zero-order valence-corrected chi connectivity index (χ0v) is 20.5. The van der Waals surface area contributed by atoms with Crippen LogP contribution in [-0.4, -0.2) is 40.1 Å². The van der Waals surface area contributed by atoms with Gasteiger partial charge in [-0.05, 0) is 55.9 Å². The van der Waals surface area contributed by atoms with Gasteiger partial charge in [-0.15, -0.1) is 0 Å². The molecule has 5 nitrogen and oxygen atoms in total. The summed E-state index contributed by atoms with van der Waals surface area (Å²) >= 11 is 13.1. The molecule has 0 bridgehead atoms. The topological polar surface area (TPSA) is 62.7 Å². The van der Waals surface area contributed by atoms with Crippen LogP contribution in [0.2, 0.25) is 10.2 Å². The highest BCUT2D eigenvalue weighted by molar-refractivity contribution is 6.40. The van der Waals surface area contributed by atoms with Crippen molar-refractivity contribution >= 4 is 40.0 Å². The maximum atomic E-state index is 12.3. The van der Waals surface area contributed by atoms with Gasteiger partial charge in [0.05, 0.1) is 16.6 Å². The Kier molecular flexibility index (Phi) is 6.85. The van der Waals surface area contributed by atoms with E-state index in [9.17, 15) is 9.90 Å². The van der Waals surface area contributed by atoms with Gasteiger partial charge in [-0.1, -0.05) is 59.6 Å². The van der Waals surface area contributed by atoms with Crippen molar-refractivity contribution < 1.29 is 14.6 Å². The molecule has 2 heterocycles. The van der Waals surface area contributed by atoms with Gasteiger partial charge in [0.15, 0.2) is 10.9 Å². The number of halogens is 2. The van der Waals surface area contributed by atoms with Gasteiger partial charge in [0, 0.05) is 25.4 Å². The van der Waals surface area contributed by atoms with Gasteiger partial charge in [-0.2, -0.15) is 0 Å². The van der Waals surface area contributed by atoms with E-state index in [0.29, 0.717) is 47.6 Å². The highest BCUT2D eigenvalue weighted by atomic mass is 35.5. The number of piperidine rings is 1. The Labute approximate surface area is 204 Å². The minimum atomic E-state index is -1.25. The third-order valence-corrected chi connectivity index (χ3v) is 7.01. The van der Waals surface area contributed by atoms with Crippen molar-refractivity contribution in [2.75, 3.05) is 13.1 Å². The lowest BCUT2D eigenvalue weighted by Gasteiger charge is -2.42. The second-order valence-electron chi connectivity index (χ2n) is 8.86. The molecular formula is C26H28Cl2N2O3. The van der Waals surface area contributed by atoms with Gasteiger partial charge in [0.25, 0.3) is 0 Å². The number of hydrogen-bond donors (Lipinski definition) is 1. The summed E-state index contributed by atoms with van der Waals surface area (Å²) in [6.07, 6.45) is 1.27. The fourth-order valence-corrected chi connectivity index (χ4v) is 5.26.